The van der Waals surface area contributed by atoms with E-state index in [1.807, 2.05) is 24.3 Å². The number of aliphatic imine (C=N–C) groups is 1. The highest BCUT2D eigenvalue weighted by atomic mass is 19.4. The lowest BCUT2D eigenvalue weighted by Gasteiger charge is -2.28. The van der Waals surface area contributed by atoms with Gasteiger partial charge in [0.15, 0.2) is 5.96 Å². The van der Waals surface area contributed by atoms with Gasteiger partial charge in [0.1, 0.15) is 5.75 Å². The van der Waals surface area contributed by atoms with Gasteiger partial charge in [-0.3, -0.25) is 0 Å². The number of nitrogens with zero attached hydrogens (tertiary/aromatic N) is 2. The first-order valence-electron chi connectivity index (χ1n) is 6.93. The topological polar surface area (TPSA) is 50.8 Å². The van der Waals surface area contributed by atoms with Crippen molar-refractivity contribution in [3.63, 3.8) is 0 Å². The van der Waals surface area contributed by atoms with Gasteiger partial charge in [0.2, 0.25) is 0 Å². The van der Waals surface area contributed by atoms with Crippen LogP contribution in [0.15, 0.2) is 53.5 Å². The lowest BCUT2D eigenvalue weighted by molar-refractivity contribution is -0.275. The van der Waals surface area contributed by atoms with Gasteiger partial charge in [-0.15, -0.1) is 13.2 Å². The second kappa shape index (κ2) is 5.83. The summed E-state index contributed by atoms with van der Waals surface area (Å²) >= 11 is 0. The summed E-state index contributed by atoms with van der Waals surface area (Å²) in [6.07, 6.45) is -4.73. The van der Waals surface area contributed by atoms with E-state index in [2.05, 4.69) is 9.73 Å². The highest BCUT2D eigenvalue weighted by molar-refractivity contribution is 5.83. The van der Waals surface area contributed by atoms with Gasteiger partial charge in [-0.1, -0.05) is 36.4 Å². The zero-order valence-electron chi connectivity index (χ0n) is 12.0. The number of ether oxygens (including phenoxy) is 1. The molecule has 2 N–H and O–H groups in total. The molecule has 0 radical (unpaired) electrons. The minimum Gasteiger partial charge on any atom is -0.405 e. The third-order valence-corrected chi connectivity index (χ3v) is 3.47. The van der Waals surface area contributed by atoms with Crippen LogP contribution in [0, 0.1) is 0 Å². The van der Waals surface area contributed by atoms with Crippen LogP contribution in [0.25, 0.3) is 0 Å². The zero-order valence-corrected chi connectivity index (χ0v) is 12.0. The standard InChI is InChI=1S/C16H14F3N3O/c17-16(18,19)23-14-8-4-2-6-12(14)10-22-9-11-5-1-3-7-13(11)21-15(22)20/h1-8H,9-10H2,(H2,20,21). The molecule has 1 aliphatic heterocycles. The molecule has 0 spiro atoms. The molecule has 1 heterocycles. The summed E-state index contributed by atoms with van der Waals surface area (Å²) in [5.74, 6) is 0.0390. The van der Waals surface area contributed by atoms with Crippen molar-refractivity contribution in [1.29, 1.82) is 0 Å². The van der Waals surface area contributed by atoms with E-state index < -0.39 is 6.36 Å². The third kappa shape index (κ3) is 3.56. The first-order valence-corrected chi connectivity index (χ1v) is 6.93. The van der Waals surface area contributed by atoms with E-state index in [9.17, 15) is 13.2 Å². The maximum atomic E-state index is 12.5. The molecule has 0 bridgehead atoms. The van der Waals surface area contributed by atoms with Gasteiger partial charge in [-0.2, -0.15) is 0 Å². The Labute approximate surface area is 131 Å². The minimum atomic E-state index is -4.73. The van der Waals surface area contributed by atoms with Crippen molar-refractivity contribution in [2.75, 3.05) is 0 Å². The monoisotopic (exact) mass is 321 g/mol. The fourth-order valence-corrected chi connectivity index (χ4v) is 2.44. The Bertz CT molecular complexity index is 743. The smallest absolute Gasteiger partial charge is 0.405 e. The first-order chi connectivity index (χ1) is 10.9. The summed E-state index contributed by atoms with van der Waals surface area (Å²) in [4.78, 5) is 5.99. The Morgan fingerprint density at radius 1 is 1.09 bits per heavy atom. The number of hydrogen-bond acceptors (Lipinski definition) is 4. The van der Waals surface area contributed by atoms with Crippen molar-refractivity contribution in [2.24, 2.45) is 10.7 Å². The molecular weight excluding hydrogens is 307 g/mol. The number of halogens is 3. The molecule has 1 aliphatic rings. The highest BCUT2D eigenvalue weighted by Gasteiger charge is 2.32. The molecule has 0 unspecified atom stereocenters. The van der Waals surface area contributed by atoms with Crippen LogP contribution in [0.2, 0.25) is 0 Å². The number of rotatable bonds is 3. The third-order valence-electron chi connectivity index (χ3n) is 3.47. The summed E-state index contributed by atoms with van der Waals surface area (Å²) in [6, 6.07) is 13.5. The van der Waals surface area contributed by atoms with Gasteiger partial charge in [0.25, 0.3) is 0 Å². The normalized spacial score (nSPS) is 14.2. The zero-order chi connectivity index (χ0) is 16.4. The van der Waals surface area contributed by atoms with Crippen LogP contribution in [0.1, 0.15) is 11.1 Å². The van der Waals surface area contributed by atoms with E-state index in [1.54, 1.807) is 17.0 Å². The van der Waals surface area contributed by atoms with Crippen LogP contribution in [0.4, 0.5) is 18.9 Å². The molecule has 23 heavy (non-hydrogen) atoms. The van der Waals surface area contributed by atoms with Gasteiger partial charge < -0.3 is 15.4 Å². The molecule has 3 rings (SSSR count). The van der Waals surface area contributed by atoms with Crippen molar-refractivity contribution in [2.45, 2.75) is 19.5 Å². The van der Waals surface area contributed by atoms with Gasteiger partial charge in [-0.05, 0) is 17.7 Å². The molecule has 4 nitrogen and oxygen atoms in total. The fourth-order valence-electron chi connectivity index (χ4n) is 2.44. The molecule has 0 aromatic heterocycles. The maximum Gasteiger partial charge on any atom is 0.573 e. The van der Waals surface area contributed by atoms with Gasteiger partial charge in [-0.25, -0.2) is 4.99 Å². The van der Waals surface area contributed by atoms with Crippen molar-refractivity contribution in [3.05, 3.63) is 59.7 Å². The second-order valence-electron chi connectivity index (χ2n) is 5.11. The maximum absolute atomic E-state index is 12.5. The molecule has 0 aliphatic carbocycles. The second-order valence-corrected chi connectivity index (χ2v) is 5.11. The number of benzene rings is 2. The lowest BCUT2D eigenvalue weighted by atomic mass is 10.1. The molecule has 0 saturated carbocycles. The molecule has 2 aromatic carbocycles. The Hall–Kier alpha value is -2.70. The predicted molar refractivity (Wildman–Crippen MR) is 80.1 cm³/mol. The number of hydrogen-bond donors (Lipinski definition) is 1. The van der Waals surface area contributed by atoms with Crippen LogP contribution in [0.5, 0.6) is 5.75 Å². The number of fused-ring (bicyclic) bond motifs is 1. The predicted octanol–water partition coefficient (Wildman–Crippen LogP) is 3.55. The molecule has 0 fully saturated rings. The largest absolute Gasteiger partial charge is 0.573 e. The minimum absolute atomic E-state index is 0.177. The van der Waals surface area contributed by atoms with Gasteiger partial charge >= 0.3 is 6.36 Å². The summed E-state index contributed by atoms with van der Waals surface area (Å²) in [6.45, 7) is 0.655. The Morgan fingerprint density at radius 2 is 1.78 bits per heavy atom. The van der Waals surface area contributed by atoms with Crippen molar-refractivity contribution in [1.82, 2.24) is 4.90 Å². The van der Waals surface area contributed by atoms with Crippen molar-refractivity contribution < 1.29 is 17.9 Å². The molecular formula is C16H14F3N3O. The SMILES string of the molecule is NC1=Nc2ccccc2CN1Cc1ccccc1OC(F)(F)F. The average Bonchev–Trinajstić information content (AvgIpc) is 2.48. The summed E-state index contributed by atoms with van der Waals surface area (Å²) in [5, 5.41) is 0. The van der Waals surface area contributed by atoms with Crippen molar-refractivity contribution in [3.8, 4) is 5.75 Å². The molecule has 0 saturated heterocycles. The van der Waals surface area contributed by atoms with E-state index in [-0.39, 0.29) is 18.3 Å². The number of para-hydroxylation sites is 2. The number of alkyl halides is 3. The van der Waals surface area contributed by atoms with Crippen molar-refractivity contribution >= 4 is 11.6 Å². The molecule has 2 aromatic rings. The van der Waals surface area contributed by atoms with Crippen LogP contribution >= 0.6 is 0 Å². The Kier molecular flexibility index (Phi) is 3.85. The van der Waals surface area contributed by atoms with E-state index in [0.29, 0.717) is 12.1 Å². The van der Waals surface area contributed by atoms with Crippen LogP contribution in [-0.2, 0) is 13.1 Å². The Morgan fingerprint density at radius 3 is 2.57 bits per heavy atom. The van der Waals surface area contributed by atoms with Gasteiger partial charge in [0.05, 0.1) is 5.69 Å². The van der Waals surface area contributed by atoms with E-state index in [4.69, 9.17) is 5.73 Å². The first kappa shape index (κ1) is 15.2. The molecule has 120 valence electrons. The quantitative estimate of drug-likeness (QED) is 0.940. The van der Waals surface area contributed by atoms with Crippen LogP contribution < -0.4 is 10.5 Å². The number of guanidine groups is 1. The summed E-state index contributed by atoms with van der Waals surface area (Å²) in [7, 11) is 0. The van der Waals surface area contributed by atoms with Crippen LogP contribution in [0.3, 0.4) is 0 Å². The fraction of sp³-hybridized carbons (Fsp3) is 0.188. The van der Waals surface area contributed by atoms with Gasteiger partial charge in [0, 0.05) is 18.7 Å². The molecule has 0 amide bonds. The van der Waals surface area contributed by atoms with Crippen LogP contribution in [-0.4, -0.2) is 17.2 Å². The Balaban J connectivity index is 1.84. The highest BCUT2D eigenvalue weighted by Crippen LogP contribution is 2.30. The lowest BCUT2D eigenvalue weighted by Crippen LogP contribution is -2.38. The molecule has 7 heteroatoms. The van der Waals surface area contributed by atoms with E-state index in [1.165, 1.54) is 12.1 Å². The molecule has 0 atom stereocenters. The van der Waals surface area contributed by atoms with E-state index in [0.717, 1.165) is 11.3 Å². The van der Waals surface area contributed by atoms with E-state index >= 15 is 0 Å². The number of nitrogens with two attached hydrogens (primary N) is 1. The summed E-state index contributed by atoms with van der Waals surface area (Å²) in [5.41, 5.74) is 8.07. The summed E-state index contributed by atoms with van der Waals surface area (Å²) < 4.78 is 41.5. The average molecular weight is 321 g/mol.